The van der Waals surface area contributed by atoms with E-state index in [1.54, 1.807) is 39.1 Å². The monoisotopic (exact) mass is 281 g/mol. The molecule has 0 nitrogen and oxygen atoms in total. The molecule has 1 rings (SSSR count). The van der Waals surface area contributed by atoms with Crippen molar-refractivity contribution in [3.05, 3.63) is 20.5 Å². The smallest absolute Gasteiger partial charge is 1.00 e. The first kappa shape index (κ1) is 15.4. The molecule has 0 N–H and O–H groups in total. The first-order chi connectivity index (χ1) is 4.79. The van der Waals surface area contributed by atoms with E-state index in [4.69, 9.17) is 0 Å². The number of hydrogen-bond donors (Lipinski definition) is 0. The Kier molecular flexibility index (Phi) is 9.45. The number of rotatable bonds is 2. The van der Waals surface area contributed by atoms with Crippen molar-refractivity contribution in [1.82, 2.24) is 0 Å². The topological polar surface area (TPSA) is 0 Å². The molecule has 0 radical (unpaired) electrons. The van der Waals surface area contributed by atoms with Gasteiger partial charge in [0, 0.05) is 0 Å². The largest absolute Gasteiger partial charge is 1.00 e. The first-order valence-corrected chi connectivity index (χ1v) is 5.15. The fourth-order valence-electron chi connectivity index (χ4n) is 1.46. The van der Waals surface area contributed by atoms with Gasteiger partial charge in [-0.1, -0.05) is 0 Å². The molecular formula is C9H13Cl2Zr. The Morgan fingerprint density at radius 1 is 1.25 bits per heavy atom. The zero-order chi connectivity index (χ0) is 7.56. The van der Waals surface area contributed by atoms with Crippen molar-refractivity contribution in [1.29, 1.82) is 0 Å². The van der Waals surface area contributed by atoms with E-state index in [2.05, 4.69) is 19.9 Å². The molecule has 0 aliphatic heterocycles. The maximum absolute atomic E-state index is 2.39. The van der Waals surface area contributed by atoms with Crippen LogP contribution in [0.3, 0.4) is 0 Å². The molecule has 0 saturated carbocycles. The molecule has 67 valence electrons. The molecule has 0 saturated heterocycles. The standard InChI is InChI=1S/C9H13.2ClH.Zr/c1-3-8-6-5-7-9(8)4-2;;;/h6H,3-5H2,1-2H3;2*1H;/q;;;+2/p-2. The van der Waals surface area contributed by atoms with Crippen LogP contribution in [0.15, 0.2) is 20.5 Å². The molecule has 0 aromatic carbocycles. The minimum absolute atomic E-state index is 0. The van der Waals surface area contributed by atoms with Crippen LogP contribution in [-0.4, -0.2) is 0 Å². The van der Waals surface area contributed by atoms with Gasteiger partial charge in [0.2, 0.25) is 0 Å². The summed E-state index contributed by atoms with van der Waals surface area (Å²) in [7, 11) is 0. The van der Waals surface area contributed by atoms with Gasteiger partial charge in [-0.3, -0.25) is 0 Å². The quantitative estimate of drug-likeness (QED) is 0.505. The van der Waals surface area contributed by atoms with Crippen LogP contribution in [0.1, 0.15) is 33.1 Å². The molecule has 0 bridgehead atoms. The molecular weight excluding hydrogens is 270 g/mol. The average Bonchev–Trinajstić information content (AvgIpc) is 2.30. The van der Waals surface area contributed by atoms with Crippen LogP contribution in [0.4, 0.5) is 0 Å². The second-order valence-electron chi connectivity index (χ2n) is 2.60. The van der Waals surface area contributed by atoms with Crippen molar-refractivity contribution in [3.63, 3.8) is 0 Å². The average molecular weight is 283 g/mol. The molecule has 0 unspecified atom stereocenters. The normalized spacial score (nSPS) is 15.2. The van der Waals surface area contributed by atoms with Gasteiger partial charge in [0.05, 0.1) is 0 Å². The van der Waals surface area contributed by atoms with Gasteiger partial charge in [0.1, 0.15) is 0 Å². The van der Waals surface area contributed by atoms with Crippen molar-refractivity contribution < 1.29 is 49.5 Å². The van der Waals surface area contributed by atoms with Gasteiger partial charge in [-0.2, -0.15) is 0 Å². The van der Waals surface area contributed by atoms with Crippen LogP contribution in [0, 0.1) is 0 Å². The molecule has 0 spiro atoms. The minimum atomic E-state index is 0. The van der Waals surface area contributed by atoms with Gasteiger partial charge < -0.3 is 24.8 Å². The summed E-state index contributed by atoms with van der Waals surface area (Å²) in [6.45, 7) is 4.50. The van der Waals surface area contributed by atoms with Crippen LogP contribution >= 0.6 is 0 Å². The molecule has 0 aromatic rings. The van der Waals surface area contributed by atoms with E-state index in [-0.39, 0.29) is 24.8 Å². The van der Waals surface area contributed by atoms with E-state index >= 15 is 0 Å². The van der Waals surface area contributed by atoms with E-state index in [1.165, 1.54) is 19.3 Å². The Bertz CT molecular complexity index is 195. The van der Waals surface area contributed by atoms with E-state index in [0.29, 0.717) is 0 Å². The SMILES string of the molecule is CCC1=CC[C]([Zr+2])=C1CC.[Cl-].[Cl-]. The van der Waals surface area contributed by atoms with Crippen LogP contribution in [0.5, 0.6) is 0 Å². The summed E-state index contributed by atoms with van der Waals surface area (Å²) < 4.78 is 1.67. The maximum Gasteiger partial charge on any atom is -1.00 e. The van der Waals surface area contributed by atoms with E-state index in [0.717, 1.165) is 0 Å². The van der Waals surface area contributed by atoms with Crippen LogP contribution in [0.2, 0.25) is 0 Å². The zero-order valence-corrected chi connectivity index (χ0v) is 11.4. The van der Waals surface area contributed by atoms with Crippen molar-refractivity contribution >= 4 is 0 Å². The summed E-state index contributed by atoms with van der Waals surface area (Å²) in [6.07, 6.45) is 6.09. The maximum atomic E-state index is 2.39. The Morgan fingerprint density at radius 2 is 1.83 bits per heavy atom. The fraction of sp³-hybridized carbons (Fsp3) is 0.556. The Hall–Kier alpha value is 0.943. The fourth-order valence-corrected chi connectivity index (χ4v) is 2.54. The van der Waals surface area contributed by atoms with Gasteiger partial charge in [-0.05, 0) is 0 Å². The summed E-state index contributed by atoms with van der Waals surface area (Å²) in [4.78, 5) is 0. The molecule has 0 aromatic heterocycles. The van der Waals surface area contributed by atoms with Crippen LogP contribution in [0.25, 0.3) is 0 Å². The molecule has 0 fully saturated rings. The van der Waals surface area contributed by atoms with Crippen LogP contribution < -0.4 is 24.8 Å². The van der Waals surface area contributed by atoms with Gasteiger partial charge in [-0.15, -0.1) is 0 Å². The third kappa shape index (κ3) is 3.36. The number of allylic oxidation sites excluding steroid dienone is 4. The predicted molar refractivity (Wildman–Crippen MR) is 40.3 cm³/mol. The Balaban J connectivity index is 0. The Morgan fingerprint density at radius 3 is 2.17 bits per heavy atom. The molecule has 0 amide bonds. The van der Waals surface area contributed by atoms with E-state index < -0.39 is 0 Å². The van der Waals surface area contributed by atoms with Crippen molar-refractivity contribution in [2.24, 2.45) is 0 Å². The molecule has 1 aliphatic rings. The molecule has 0 atom stereocenters. The van der Waals surface area contributed by atoms with Gasteiger partial charge >= 0.3 is 78.3 Å². The summed E-state index contributed by atoms with van der Waals surface area (Å²) in [5, 5.41) is 0. The van der Waals surface area contributed by atoms with E-state index in [1.807, 2.05) is 0 Å². The minimum Gasteiger partial charge on any atom is -1.00 e. The Labute approximate surface area is 103 Å². The van der Waals surface area contributed by atoms with Gasteiger partial charge in [0.15, 0.2) is 0 Å². The predicted octanol–water partition coefficient (Wildman–Crippen LogP) is -3.05. The second-order valence-corrected chi connectivity index (χ2v) is 4.08. The molecule has 3 heteroatoms. The second kappa shape index (κ2) is 7.36. The van der Waals surface area contributed by atoms with Gasteiger partial charge in [-0.25, -0.2) is 0 Å². The summed E-state index contributed by atoms with van der Waals surface area (Å²) in [5.41, 5.74) is 3.26. The van der Waals surface area contributed by atoms with Crippen molar-refractivity contribution in [2.45, 2.75) is 33.1 Å². The van der Waals surface area contributed by atoms with E-state index in [9.17, 15) is 0 Å². The molecule has 1 aliphatic carbocycles. The third-order valence-electron chi connectivity index (χ3n) is 2.04. The third-order valence-corrected chi connectivity index (χ3v) is 3.28. The summed E-state index contributed by atoms with van der Waals surface area (Å²) >= 11 is 1.61. The molecule has 0 heterocycles. The number of hydrogen-bond acceptors (Lipinski definition) is 0. The molecule has 12 heavy (non-hydrogen) atoms. The van der Waals surface area contributed by atoms with Crippen LogP contribution in [-0.2, 0) is 24.7 Å². The first-order valence-electron chi connectivity index (χ1n) is 3.92. The van der Waals surface area contributed by atoms with Gasteiger partial charge in [0.25, 0.3) is 0 Å². The van der Waals surface area contributed by atoms with Crippen molar-refractivity contribution in [3.8, 4) is 0 Å². The number of halogens is 2. The summed E-state index contributed by atoms with van der Waals surface area (Å²) in [6, 6.07) is 0. The summed E-state index contributed by atoms with van der Waals surface area (Å²) in [5.74, 6) is 0. The zero-order valence-electron chi connectivity index (χ0n) is 7.45. The van der Waals surface area contributed by atoms with Crippen molar-refractivity contribution in [2.75, 3.05) is 0 Å².